The molecule has 3 aromatic rings. The van der Waals surface area contributed by atoms with Crippen LogP contribution in [0.1, 0.15) is 25.3 Å². The van der Waals surface area contributed by atoms with E-state index in [4.69, 9.17) is 14.2 Å². The fourth-order valence-electron chi connectivity index (χ4n) is 2.94. The van der Waals surface area contributed by atoms with Crippen LogP contribution in [0.25, 0.3) is 10.2 Å². The zero-order valence-electron chi connectivity index (χ0n) is 17.9. The highest BCUT2D eigenvalue weighted by atomic mass is 32.1. The van der Waals surface area contributed by atoms with Gasteiger partial charge in [-0.1, -0.05) is 12.1 Å². The van der Waals surface area contributed by atoms with E-state index < -0.39 is 12.1 Å². The first-order valence-electron chi connectivity index (χ1n) is 10.1. The topological polar surface area (TPSA) is 78.0 Å². The predicted octanol–water partition coefficient (Wildman–Crippen LogP) is 4.05. The highest BCUT2D eigenvalue weighted by Gasteiger charge is 2.22. The van der Waals surface area contributed by atoms with Gasteiger partial charge in [0.1, 0.15) is 16.5 Å². The van der Waals surface area contributed by atoms with E-state index in [-0.39, 0.29) is 18.9 Å². The molecule has 0 aliphatic heterocycles. The number of thiazole rings is 1. The van der Waals surface area contributed by atoms with Gasteiger partial charge >= 0.3 is 5.97 Å². The van der Waals surface area contributed by atoms with Crippen molar-refractivity contribution in [2.45, 2.75) is 32.9 Å². The summed E-state index contributed by atoms with van der Waals surface area (Å²) in [5, 5.41) is 0.833. The summed E-state index contributed by atoms with van der Waals surface area (Å²) in [5.41, 5.74) is 0.912. The van der Waals surface area contributed by atoms with Gasteiger partial charge in [-0.2, -0.15) is 0 Å². The summed E-state index contributed by atoms with van der Waals surface area (Å²) in [6.45, 7) is 4.61. The van der Waals surface area contributed by atoms with Crippen LogP contribution < -0.4 is 9.47 Å². The lowest BCUT2D eigenvalue weighted by Gasteiger charge is -2.20. The number of hydrogen-bond donors (Lipinski definition) is 0. The zero-order valence-corrected chi connectivity index (χ0v) is 18.7. The Morgan fingerprint density at radius 2 is 1.74 bits per heavy atom. The first kappa shape index (κ1) is 22.6. The third-order valence-corrected chi connectivity index (χ3v) is 5.47. The Morgan fingerprint density at radius 3 is 2.42 bits per heavy atom. The van der Waals surface area contributed by atoms with Crippen molar-refractivity contribution in [1.29, 1.82) is 0 Å². The summed E-state index contributed by atoms with van der Waals surface area (Å²) in [5.74, 6) is 0.632. The number of nitrogens with zero attached hydrogens (tertiary/aromatic N) is 2. The number of carbonyl (C=O) groups is 2. The summed E-state index contributed by atoms with van der Waals surface area (Å²) in [6.07, 6.45) is -0.829. The van der Waals surface area contributed by atoms with Crippen LogP contribution in [-0.2, 0) is 20.9 Å². The summed E-state index contributed by atoms with van der Waals surface area (Å²) >= 11 is 1.54. The summed E-state index contributed by atoms with van der Waals surface area (Å²) < 4.78 is 17.3. The molecule has 0 spiro atoms. The Labute approximate surface area is 185 Å². The van der Waals surface area contributed by atoms with Crippen LogP contribution in [0, 0.1) is 0 Å². The smallest absolute Gasteiger partial charge is 0.310 e. The molecule has 2 aromatic carbocycles. The molecule has 0 N–H and O–H groups in total. The molecule has 31 heavy (non-hydrogen) atoms. The van der Waals surface area contributed by atoms with E-state index in [1.54, 1.807) is 49.6 Å². The number of rotatable bonds is 10. The van der Waals surface area contributed by atoms with Crippen molar-refractivity contribution >= 4 is 33.4 Å². The van der Waals surface area contributed by atoms with Gasteiger partial charge in [-0.15, -0.1) is 11.3 Å². The van der Waals surface area contributed by atoms with Gasteiger partial charge in [-0.25, -0.2) is 4.98 Å². The quantitative estimate of drug-likeness (QED) is 0.441. The van der Waals surface area contributed by atoms with Gasteiger partial charge in [-0.05, 0) is 50.2 Å². The second-order valence-electron chi connectivity index (χ2n) is 6.90. The molecule has 0 aliphatic carbocycles. The number of aromatic nitrogens is 1. The van der Waals surface area contributed by atoms with E-state index in [1.165, 1.54) is 4.90 Å². The van der Waals surface area contributed by atoms with Crippen molar-refractivity contribution < 1.29 is 23.8 Å². The molecule has 8 heteroatoms. The van der Waals surface area contributed by atoms with E-state index >= 15 is 0 Å². The molecule has 7 nitrogen and oxygen atoms in total. The molecule has 1 atom stereocenters. The SMILES string of the molecule is CCOc1ccc(OCCC(=O)OC(C)C(=O)N(C)Cc2nc3ccccc3s2)cc1. The number of benzene rings is 2. The molecule has 164 valence electrons. The van der Waals surface area contributed by atoms with E-state index in [1.807, 2.05) is 31.2 Å². The molecule has 3 rings (SSSR count). The maximum atomic E-state index is 12.6. The van der Waals surface area contributed by atoms with E-state index in [9.17, 15) is 9.59 Å². The molecule has 0 radical (unpaired) electrons. The highest BCUT2D eigenvalue weighted by Crippen LogP contribution is 2.22. The summed E-state index contributed by atoms with van der Waals surface area (Å²) in [4.78, 5) is 30.7. The van der Waals surface area contributed by atoms with Crippen LogP contribution in [0.15, 0.2) is 48.5 Å². The summed E-state index contributed by atoms with van der Waals surface area (Å²) in [6, 6.07) is 15.0. The van der Waals surface area contributed by atoms with Crippen LogP contribution in [0.2, 0.25) is 0 Å². The van der Waals surface area contributed by atoms with Crippen molar-refractivity contribution in [3.63, 3.8) is 0 Å². The van der Waals surface area contributed by atoms with Gasteiger partial charge in [-0.3, -0.25) is 9.59 Å². The second kappa shape index (κ2) is 10.8. The number of esters is 1. The van der Waals surface area contributed by atoms with Gasteiger partial charge in [0.05, 0.1) is 36.4 Å². The maximum absolute atomic E-state index is 12.6. The minimum atomic E-state index is -0.877. The van der Waals surface area contributed by atoms with E-state index in [0.717, 1.165) is 21.0 Å². The Bertz CT molecular complexity index is 985. The minimum absolute atomic E-state index is 0.0480. The Hall–Kier alpha value is -3.13. The van der Waals surface area contributed by atoms with Crippen molar-refractivity contribution in [2.24, 2.45) is 0 Å². The Kier molecular flexibility index (Phi) is 7.83. The molecule has 1 heterocycles. The Morgan fingerprint density at radius 1 is 1.06 bits per heavy atom. The summed E-state index contributed by atoms with van der Waals surface area (Å²) in [7, 11) is 1.67. The zero-order chi connectivity index (χ0) is 22.2. The van der Waals surface area contributed by atoms with E-state index in [0.29, 0.717) is 18.9 Å². The predicted molar refractivity (Wildman–Crippen MR) is 119 cm³/mol. The number of likely N-dealkylation sites (N-methyl/N-ethyl adjacent to an activating group) is 1. The maximum Gasteiger partial charge on any atom is 0.310 e. The molecule has 1 aromatic heterocycles. The lowest BCUT2D eigenvalue weighted by molar-refractivity contribution is -0.159. The average molecular weight is 443 g/mol. The number of carbonyl (C=O) groups excluding carboxylic acids is 2. The monoisotopic (exact) mass is 442 g/mol. The van der Waals surface area contributed by atoms with Gasteiger partial charge in [0.25, 0.3) is 5.91 Å². The van der Waals surface area contributed by atoms with Gasteiger partial charge in [0.15, 0.2) is 6.10 Å². The molecule has 0 saturated heterocycles. The standard InChI is InChI=1S/C23H26N2O5S/c1-4-28-17-9-11-18(12-10-17)29-14-13-22(26)30-16(2)23(27)25(3)15-21-24-19-7-5-6-8-20(19)31-21/h5-12,16H,4,13-15H2,1-3H3. The normalized spacial score (nSPS) is 11.7. The van der Waals surface area contributed by atoms with Crippen LogP contribution in [0.4, 0.5) is 0 Å². The molecule has 1 amide bonds. The number of fused-ring (bicyclic) bond motifs is 1. The third kappa shape index (κ3) is 6.42. The van der Waals surface area contributed by atoms with Crippen LogP contribution in [0.5, 0.6) is 11.5 Å². The van der Waals surface area contributed by atoms with Gasteiger partial charge in [0, 0.05) is 7.05 Å². The Balaban J connectivity index is 1.42. The van der Waals surface area contributed by atoms with Crippen LogP contribution in [-0.4, -0.2) is 48.1 Å². The molecular weight excluding hydrogens is 416 g/mol. The van der Waals surface area contributed by atoms with Gasteiger partial charge in [0.2, 0.25) is 0 Å². The lowest BCUT2D eigenvalue weighted by Crippen LogP contribution is -2.37. The number of ether oxygens (including phenoxy) is 3. The van der Waals surface area contributed by atoms with E-state index in [2.05, 4.69) is 4.98 Å². The van der Waals surface area contributed by atoms with Crippen molar-refractivity contribution in [1.82, 2.24) is 9.88 Å². The molecule has 0 bridgehead atoms. The fraction of sp³-hybridized carbons (Fsp3) is 0.348. The largest absolute Gasteiger partial charge is 0.494 e. The van der Waals surface area contributed by atoms with Crippen LogP contribution in [0.3, 0.4) is 0 Å². The minimum Gasteiger partial charge on any atom is -0.494 e. The highest BCUT2D eigenvalue weighted by molar-refractivity contribution is 7.18. The molecule has 0 aliphatic rings. The average Bonchev–Trinajstić information content (AvgIpc) is 3.16. The molecule has 0 fully saturated rings. The number of hydrogen-bond acceptors (Lipinski definition) is 7. The first-order valence-corrected chi connectivity index (χ1v) is 10.9. The van der Waals surface area contributed by atoms with Crippen LogP contribution >= 0.6 is 11.3 Å². The number of amides is 1. The van der Waals surface area contributed by atoms with Crippen molar-refractivity contribution in [2.75, 3.05) is 20.3 Å². The van der Waals surface area contributed by atoms with Crippen molar-refractivity contribution in [3.05, 3.63) is 53.5 Å². The molecule has 1 unspecified atom stereocenters. The molecule has 0 saturated carbocycles. The first-order chi connectivity index (χ1) is 15.0. The van der Waals surface area contributed by atoms with Gasteiger partial charge < -0.3 is 19.1 Å². The fourth-order valence-corrected chi connectivity index (χ4v) is 3.96. The number of para-hydroxylation sites is 1. The lowest BCUT2D eigenvalue weighted by atomic mass is 10.3. The third-order valence-electron chi connectivity index (χ3n) is 4.45. The second-order valence-corrected chi connectivity index (χ2v) is 8.02. The molecular formula is C23H26N2O5S. The van der Waals surface area contributed by atoms with Crippen molar-refractivity contribution in [3.8, 4) is 11.5 Å².